The number of benzene rings is 1. The zero-order valence-corrected chi connectivity index (χ0v) is 10.7. The molecule has 1 amide bonds. The van der Waals surface area contributed by atoms with Crippen LogP contribution in [0.15, 0.2) is 18.2 Å². The Labute approximate surface area is 108 Å². The van der Waals surface area contributed by atoms with Gasteiger partial charge in [-0.2, -0.15) is 0 Å². The van der Waals surface area contributed by atoms with Crippen molar-refractivity contribution in [2.75, 3.05) is 24.3 Å². The molecule has 4 heteroatoms. The van der Waals surface area contributed by atoms with Gasteiger partial charge in [0.15, 0.2) is 0 Å². The predicted octanol–water partition coefficient (Wildman–Crippen LogP) is 2.33. The Morgan fingerprint density at radius 3 is 2.94 bits per heavy atom. The molecule has 0 saturated heterocycles. The molecule has 0 heterocycles. The van der Waals surface area contributed by atoms with E-state index < -0.39 is 0 Å². The molecule has 2 rings (SSSR count). The van der Waals surface area contributed by atoms with Gasteiger partial charge in [-0.05, 0) is 37.0 Å². The first-order chi connectivity index (χ1) is 8.65. The largest absolute Gasteiger partial charge is 0.398 e. The maximum atomic E-state index is 11.6. The normalized spacial score (nSPS) is 14.5. The van der Waals surface area contributed by atoms with Gasteiger partial charge in [0.2, 0.25) is 5.91 Å². The van der Waals surface area contributed by atoms with Gasteiger partial charge in [0.05, 0.1) is 0 Å². The highest BCUT2D eigenvalue weighted by Crippen LogP contribution is 2.32. The van der Waals surface area contributed by atoms with Crippen LogP contribution in [-0.4, -0.2) is 19.1 Å². The second-order valence-corrected chi connectivity index (χ2v) is 4.90. The van der Waals surface area contributed by atoms with E-state index in [2.05, 4.69) is 5.32 Å². The van der Waals surface area contributed by atoms with Crippen LogP contribution in [-0.2, 0) is 9.53 Å². The van der Waals surface area contributed by atoms with Gasteiger partial charge in [-0.15, -0.1) is 0 Å². The minimum Gasteiger partial charge on any atom is -0.398 e. The number of nitrogens with two attached hydrogens (primary N) is 1. The van der Waals surface area contributed by atoms with E-state index in [-0.39, 0.29) is 12.5 Å². The standard InChI is InChI=1S/C14H20N2O2/c1-10-2-5-12(8-13(10)15)16-14(17)9-18-7-6-11-3-4-11/h2,5,8,11H,3-4,6-7,9,15H2,1H3,(H,16,17). The fourth-order valence-corrected chi connectivity index (χ4v) is 1.74. The average molecular weight is 248 g/mol. The second-order valence-electron chi connectivity index (χ2n) is 4.90. The van der Waals surface area contributed by atoms with Crippen molar-refractivity contribution < 1.29 is 9.53 Å². The summed E-state index contributed by atoms with van der Waals surface area (Å²) in [4.78, 5) is 11.6. The molecule has 0 unspecified atom stereocenters. The van der Waals surface area contributed by atoms with E-state index >= 15 is 0 Å². The van der Waals surface area contributed by atoms with Crippen molar-refractivity contribution in [2.45, 2.75) is 26.2 Å². The van der Waals surface area contributed by atoms with Gasteiger partial charge in [-0.3, -0.25) is 4.79 Å². The summed E-state index contributed by atoms with van der Waals surface area (Å²) >= 11 is 0. The molecule has 1 saturated carbocycles. The summed E-state index contributed by atoms with van der Waals surface area (Å²) in [5.41, 5.74) is 8.18. The number of hydrogen-bond acceptors (Lipinski definition) is 3. The molecule has 0 bridgehead atoms. The molecule has 0 aromatic heterocycles. The lowest BCUT2D eigenvalue weighted by atomic mass is 10.2. The molecule has 4 nitrogen and oxygen atoms in total. The lowest BCUT2D eigenvalue weighted by Crippen LogP contribution is -2.18. The Morgan fingerprint density at radius 2 is 2.28 bits per heavy atom. The zero-order valence-electron chi connectivity index (χ0n) is 10.7. The van der Waals surface area contributed by atoms with Crippen LogP contribution in [0.3, 0.4) is 0 Å². The minimum atomic E-state index is -0.131. The van der Waals surface area contributed by atoms with Crippen LogP contribution in [0.4, 0.5) is 11.4 Å². The molecule has 1 aliphatic rings. The first-order valence-electron chi connectivity index (χ1n) is 6.39. The Kier molecular flexibility index (Phi) is 4.20. The molecule has 1 fully saturated rings. The lowest BCUT2D eigenvalue weighted by Gasteiger charge is -2.08. The van der Waals surface area contributed by atoms with Gasteiger partial charge in [0.1, 0.15) is 6.61 Å². The van der Waals surface area contributed by atoms with E-state index in [0.29, 0.717) is 18.0 Å². The van der Waals surface area contributed by atoms with Crippen LogP contribution < -0.4 is 11.1 Å². The number of rotatable bonds is 6. The van der Waals surface area contributed by atoms with Crippen molar-refractivity contribution in [3.8, 4) is 0 Å². The molecule has 1 aromatic rings. The van der Waals surface area contributed by atoms with Crippen molar-refractivity contribution >= 4 is 17.3 Å². The predicted molar refractivity (Wildman–Crippen MR) is 72.4 cm³/mol. The van der Waals surface area contributed by atoms with Crippen molar-refractivity contribution in [3.63, 3.8) is 0 Å². The number of amides is 1. The molecule has 1 aliphatic carbocycles. The van der Waals surface area contributed by atoms with Crippen LogP contribution in [0.5, 0.6) is 0 Å². The summed E-state index contributed by atoms with van der Waals surface area (Å²) in [6.07, 6.45) is 3.71. The Bertz CT molecular complexity index is 428. The van der Waals surface area contributed by atoms with E-state index in [4.69, 9.17) is 10.5 Å². The van der Waals surface area contributed by atoms with Gasteiger partial charge in [0.25, 0.3) is 0 Å². The molecule has 3 N–H and O–H groups in total. The fourth-order valence-electron chi connectivity index (χ4n) is 1.74. The third kappa shape index (κ3) is 4.04. The van der Waals surface area contributed by atoms with Crippen LogP contribution in [0, 0.1) is 12.8 Å². The number of nitrogens with one attached hydrogen (secondary N) is 1. The molecule has 18 heavy (non-hydrogen) atoms. The molecule has 0 spiro atoms. The zero-order chi connectivity index (χ0) is 13.0. The topological polar surface area (TPSA) is 64.3 Å². The van der Waals surface area contributed by atoms with E-state index in [0.717, 1.165) is 17.9 Å². The van der Waals surface area contributed by atoms with Gasteiger partial charge < -0.3 is 15.8 Å². The summed E-state index contributed by atoms with van der Waals surface area (Å²) in [6, 6.07) is 5.49. The van der Waals surface area contributed by atoms with Crippen molar-refractivity contribution in [2.24, 2.45) is 5.92 Å². The molecule has 0 radical (unpaired) electrons. The summed E-state index contributed by atoms with van der Waals surface area (Å²) in [5, 5.41) is 2.77. The van der Waals surface area contributed by atoms with Crippen molar-refractivity contribution in [1.29, 1.82) is 0 Å². The highest BCUT2D eigenvalue weighted by Gasteiger charge is 2.20. The molecular formula is C14H20N2O2. The number of carbonyl (C=O) groups excluding carboxylic acids is 1. The number of ether oxygens (including phenoxy) is 1. The molecule has 98 valence electrons. The maximum absolute atomic E-state index is 11.6. The third-order valence-corrected chi connectivity index (χ3v) is 3.16. The lowest BCUT2D eigenvalue weighted by molar-refractivity contribution is -0.120. The number of anilines is 2. The number of nitrogen functional groups attached to an aromatic ring is 1. The smallest absolute Gasteiger partial charge is 0.250 e. The first-order valence-corrected chi connectivity index (χ1v) is 6.39. The first kappa shape index (κ1) is 12.9. The van der Waals surface area contributed by atoms with Crippen molar-refractivity contribution in [3.05, 3.63) is 23.8 Å². The molecule has 1 aromatic carbocycles. The summed E-state index contributed by atoms with van der Waals surface area (Å²) in [6.45, 7) is 2.72. The summed E-state index contributed by atoms with van der Waals surface area (Å²) in [5.74, 6) is 0.707. The monoisotopic (exact) mass is 248 g/mol. The SMILES string of the molecule is Cc1ccc(NC(=O)COCCC2CC2)cc1N. The van der Waals surface area contributed by atoms with Crippen LogP contribution in [0.1, 0.15) is 24.8 Å². The number of carbonyl (C=O) groups is 1. The molecular weight excluding hydrogens is 228 g/mol. The van der Waals surface area contributed by atoms with Gasteiger partial charge in [-0.1, -0.05) is 18.9 Å². The highest BCUT2D eigenvalue weighted by atomic mass is 16.5. The maximum Gasteiger partial charge on any atom is 0.250 e. The van der Waals surface area contributed by atoms with E-state index in [1.54, 1.807) is 6.07 Å². The highest BCUT2D eigenvalue weighted by molar-refractivity contribution is 5.92. The molecule has 0 aliphatic heterocycles. The third-order valence-electron chi connectivity index (χ3n) is 3.16. The van der Waals surface area contributed by atoms with Crippen LogP contribution >= 0.6 is 0 Å². The Morgan fingerprint density at radius 1 is 1.50 bits per heavy atom. The van der Waals surface area contributed by atoms with E-state index in [1.807, 2.05) is 19.1 Å². The summed E-state index contributed by atoms with van der Waals surface area (Å²) < 4.78 is 5.33. The number of hydrogen-bond donors (Lipinski definition) is 2. The minimum absolute atomic E-state index is 0.112. The van der Waals surface area contributed by atoms with Gasteiger partial charge >= 0.3 is 0 Å². The van der Waals surface area contributed by atoms with Gasteiger partial charge in [0, 0.05) is 18.0 Å². The molecule has 0 atom stereocenters. The van der Waals surface area contributed by atoms with Crippen LogP contribution in [0.25, 0.3) is 0 Å². The average Bonchev–Trinajstić information content (AvgIpc) is 3.14. The van der Waals surface area contributed by atoms with Gasteiger partial charge in [-0.25, -0.2) is 0 Å². The summed E-state index contributed by atoms with van der Waals surface area (Å²) in [7, 11) is 0. The second kappa shape index (κ2) is 5.87. The van der Waals surface area contributed by atoms with E-state index in [1.165, 1.54) is 12.8 Å². The fraction of sp³-hybridized carbons (Fsp3) is 0.500. The van der Waals surface area contributed by atoms with E-state index in [9.17, 15) is 4.79 Å². The quantitative estimate of drug-likeness (QED) is 0.600. The Balaban J connectivity index is 1.70. The van der Waals surface area contributed by atoms with Crippen molar-refractivity contribution in [1.82, 2.24) is 0 Å². The van der Waals surface area contributed by atoms with Crippen LogP contribution in [0.2, 0.25) is 0 Å². The number of aryl methyl sites for hydroxylation is 1. The Hall–Kier alpha value is -1.55.